The minimum atomic E-state index is -4.45. The third-order valence-corrected chi connectivity index (χ3v) is 3.95. The van der Waals surface area contributed by atoms with Gasteiger partial charge in [-0.1, -0.05) is 48.5 Å². The van der Waals surface area contributed by atoms with Crippen molar-refractivity contribution in [3.8, 4) is 17.3 Å². The maximum atomic E-state index is 12.8. The van der Waals surface area contributed by atoms with Crippen LogP contribution in [0.25, 0.3) is 11.3 Å². The van der Waals surface area contributed by atoms with E-state index in [0.717, 1.165) is 12.1 Å². The minimum Gasteiger partial charge on any atom is -0.321 e. The molecule has 0 aliphatic heterocycles. The SMILES string of the molecule is N#Cc1cc(Cc2cccc(C(F)(F)F)c2)c(=O)[nH]c1-c1ccccc1. The number of nitrogens with one attached hydrogen (secondary N) is 1. The number of aromatic nitrogens is 1. The highest BCUT2D eigenvalue weighted by Crippen LogP contribution is 2.30. The standard InChI is InChI=1S/C20H13F3N2O/c21-20(22,23)17-8-4-5-13(10-17)9-15-11-16(12-24)18(25-19(15)26)14-6-2-1-3-7-14/h1-8,10-11H,9H2,(H,25,26). The van der Waals surface area contributed by atoms with Crippen molar-refractivity contribution in [3.05, 3.63) is 93.3 Å². The number of aromatic amines is 1. The van der Waals surface area contributed by atoms with Crippen LogP contribution in [-0.4, -0.2) is 4.98 Å². The number of nitrogens with zero attached hydrogens (tertiary/aromatic N) is 1. The second kappa shape index (κ2) is 6.89. The van der Waals surface area contributed by atoms with E-state index in [-0.39, 0.29) is 17.5 Å². The minimum absolute atomic E-state index is 0.00298. The third kappa shape index (κ3) is 3.67. The first-order valence-electron chi connectivity index (χ1n) is 7.76. The van der Waals surface area contributed by atoms with Crippen molar-refractivity contribution in [2.24, 2.45) is 0 Å². The number of alkyl halides is 3. The summed E-state index contributed by atoms with van der Waals surface area (Å²) in [6.07, 6.45) is -4.44. The molecule has 0 aliphatic rings. The molecule has 3 rings (SSSR count). The molecule has 3 nitrogen and oxygen atoms in total. The maximum Gasteiger partial charge on any atom is 0.416 e. The Bertz CT molecular complexity index is 1030. The van der Waals surface area contributed by atoms with Crippen molar-refractivity contribution in [3.63, 3.8) is 0 Å². The smallest absolute Gasteiger partial charge is 0.321 e. The topological polar surface area (TPSA) is 56.6 Å². The molecule has 0 saturated heterocycles. The molecule has 0 fully saturated rings. The zero-order valence-corrected chi connectivity index (χ0v) is 13.5. The zero-order chi connectivity index (χ0) is 18.7. The van der Waals surface area contributed by atoms with E-state index in [1.165, 1.54) is 18.2 Å². The van der Waals surface area contributed by atoms with Gasteiger partial charge < -0.3 is 4.98 Å². The fraction of sp³-hybridized carbons (Fsp3) is 0.100. The number of halogens is 3. The van der Waals surface area contributed by atoms with Crippen molar-refractivity contribution < 1.29 is 13.2 Å². The largest absolute Gasteiger partial charge is 0.416 e. The average molecular weight is 354 g/mol. The maximum absolute atomic E-state index is 12.8. The van der Waals surface area contributed by atoms with Gasteiger partial charge in [0, 0.05) is 12.0 Å². The first-order valence-corrected chi connectivity index (χ1v) is 7.76. The van der Waals surface area contributed by atoms with E-state index in [0.29, 0.717) is 16.8 Å². The molecule has 130 valence electrons. The molecule has 0 saturated carbocycles. The number of H-pyrrole nitrogens is 1. The molecule has 26 heavy (non-hydrogen) atoms. The molecule has 2 aromatic carbocycles. The van der Waals surface area contributed by atoms with Crippen LogP contribution in [0.4, 0.5) is 13.2 Å². The van der Waals surface area contributed by atoms with Gasteiger partial charge >= 0.3 is 6.18 Å². The molecule has 6 heteroatoms. The van der Waals surface area contributed by atoms with Crippen LogP contribution in [0.2, 0.25) is 0 Å². The number of hydrogen-bond acceptors (Lipinski definition) is 2. The van der Waals surface area contributed by atoms with Crippen LogP contribution >= 0.6 is 0 Å². The van der Waals surface area contributed by atoms with Gasteiger partial charge in [0.25, 0.3) is 5.56 Å². The van der Waals surface area contributed by atoms with Crippen molar-refractivity contribution in [1.82, 2.24) is 4.98 Å². The van der Waals surface area contributed by atoms with Gasteiger partial charge in [-0.15, -0.1) is 0 Å². The fourth-order valence-electron chi connectivity index (χ4n) is 2.70. The van der Waals surface area contributed by atoms with Gasteiger partial charge in [0.15, 0.2) is 0 Å². The Kier molecular flexibility index (Phi) is 4.63. The van der Waals surface area contributed by atoms with Crippen molar-refractivity contribution in [1.29, 1.82) is 5.26 Å². The molecule has 0 unspecified atom stereocenters. The van der Waals surface area contributed by atoms with Crippen LogP contribution in [0.3, 0.4) is 0 Å². The summed E-state index contributed by atoms with van der Waals surface area (Å²) in [6, 6.07) is 17.2. The van der Waals surface area contributed by atoms with Crippen LogP contribution in [0, 0.1) is 11.3 Å². The van der Waals surface area contributed by atoms with Crippen molar-refractivity contribution in [2.45, 2.75) is 12.6 Å². The molecule has 0 radical (unpaired) electrons. The van der Waals surface area contributed by atoms with E-state index in [1.54, 1.807) is 24.3 Å². The second-order valence-corrected chi connectivity index (χ2v) is 5.77. The van der Waals surface area contributed by atoms with Crippen LogP contribution in [0.1, 0.15) is 22.3 Å². The molecule has 1 heterocycles. The quantitative estimate of drug-likeness (QED) is 0.752. The van der Waals surface area contributed by atoms with Gasteiger partial charge in [0.2, 0.25) is 0 Å². The summed E-state index contributed by atoms with van der Waals surface area (Å²) < 4.78 is 38.5. The molecule has 1 N–H and O–H groups in total. The molecule has 3 aromatic rings. The summed E-state index contributed by atoms with van der Waals surface area (Å²) in [5, 5.41) is 9.39. The van der Waals surface area contributed by atoms with Crippen LogP contribution in [0.15, 0.2) is 65.5 Å². The van der Waals surface area contributed by atoms with Gasteiger partial charge in [0.1, 0.15) is 6.07 Å². The van der Waals surface area contributed by atoms with E-state index in [9.17, 15) is 23.2 Å². The van der Waals surface area contributed by atoms with Crippen LogP contribution in [-0.2, 0) is 12.6 Å². The lowest BCUT2D eigenvalue weighted by Gasteiger charge is -2.10. The van der Waals surface area contributed by atoms with E-state index in [2.05, 4.69) is 4.98 Å². The van der Waals surface area contributed by atoms with E-state index in [4.69, 9.17) is 0 Å². The summed E-state index contributed by atoms with van der Waals surface area (Å²) in [5.41, 5.74) is 0.728. The van der Waals surface area contributed by atoms with Gasteiger partial charge in [-0.25, -0.2) is 0 Å². The van der Waals surface area contributed by atoms with Crippen molar-refractivity contribution >= 4 is 0 Å². The van der Waals surface area contributed by atoms with E-state index in [1.807, 2.05) is 12.1 Å². The summed E-state index contributed by atoms with van der Waals surface area (Å²) in [4.78, 5) is 15.1. The Morgan fingerprint density at radius 1 is 1.00 bits per heavy atom. The van der Waals surface area contributed by atoms with Gasteiger partial charge in [0.05, 0.1) is 16.8 Å². The van der Waals surface area contributed by atoms with E-state index >= 15 is 0 Å². The molecule has 1 aromatic heterocycles. The molecular formula is C20H13F3N2O. The molecule has 0 atom stereocenters. The first-order chi connectivity index (χ1) is 12.4. The molecule has 0 bridgehead atoms. The Labute approximate surface area is 147 Å². The van der Waals surface area contributed by atoms with Gasteiger partial charge in [-0.2, -0.15) is 18.4 Å². The fourth-order valence-corrected chi connectivity index (χ4v) is 2.70. The summed E-state index contributed by atoms with van der Waals surface area (Å²) >= 11 is 0. The predicted molar refractivity (Wildman–Crippen MR) is 91.5 cm³/mol. The number of nitriles is 1. The summed E-state index contributed by atoms with van der Waals surface area (Å²) in [5.74, 6) is 0. The zero-order valence-electron chi connectivity index (χ0n) is 13.5. The Morgan fingerprint density at radius 2 is 1.73 bits per heavy atom. The van der Waals surface area contributed by atoms with Crippen LogP contribution in [0.5, 0.6) is 0 Å². The number of hydrogen-bond donors (Lipinski definition) is 1. The normalized spacial score (nSPS) is 11.2. The molecule has 0 aliphatic carbocycles. The number of benzene rings is 2. The number of pyridine rings is 1. The lowest BCUT2D eigenvalue weighted by molar-refractivity contribution is -0.137. The lowest BCUT2D eigenvalue weighted by atomic mass is 10.00. The lowest BCUT2D eigenvalue weighted by Crippen LogP contribution is -2.15. The second-order valence-electron chi connectivity index (χ2n) is 5.77. The Morgan fingerprint density at radius 3 is 2.38 bits per heavy atom. The Hall–Kier alpha value is -3.33. The molecule has 0 spiro atoms. The third-order valence-electron chi connectivity index (χ3n) is 3.95. The van der Waals surface area contributed by atoms with Crippen molar-refractivity contribution in [2.75, 3.05) is 0 Å². The average Bonchev–Trinajstić information content (AvgIpc) is 2.63. The van der Waals surface area contributed by atoms with E-state index < -0.39 is 17.3 Å². The highest BCUT2D eigenvalue weighted by atomic mass is 19.4. The predicted octanol–water partition coefficient (Wildman–Crippen LogP) is 4.52. The molecule has 0 amide bonds. The monoisotopic (exact) mass is 354 g/mol. The van der Waals surface area contributed by atoms with Gasteiger partial charge in [-0.05, 0) is 23.3 Å². The number of rotatable bonds is 3. The molecular weight excluding hydrogens is 341 g/mol. The van der Waals surface area contributed by atoms with Gasteiger partial charge in [-0.3, -0.25) is 4.79 Å². The summed E-state index contributed by atoms with van der Waals surface area (Å²) in [6.45, 7) is 0. The highest BCUT2D eigenvalue weighted by Gasteiger charge is 2.30. The highest BCUT2D eigenvalue weighted by molar-refractivity contribution is 5.66. The van der Waals surface area contributed by atoms with Crippen LogP contribution < -0.4 is 5.56 Å². The first kappa shape index (κ1) is 17.5. The Balaban J connectivity index is 2.00. The summed E-state index contributed by atoms with van der Waals surface area (Å²) in [7, 11) is 0.